The van der Waals surface area contributed by atoms with Crippen LogP contribution < -0.4 is 0 Å². The van der Waals surface area contributed by atoms with E-state index >= 15 is 0 Å². The molecule has 3 heteroatoms. The zero-order chi connectivity index (χ0) is 36.1. The highest BCUT2D eigenvalue weighted by molar-refractivity contribution is 5.84. The number of rotatable bonds is 8. The highest BCUT2D eigenvalue weighted by Gasteiger charge is 2.15. The lowest BCUT2D eigenvalue weighted by atomic mass is 9.91. The summed E-state index contributed by atoms with van der Waals surface area (Å²) >= 11 is 0. The van der Waals surface area contributed by atoms with Gasteiger partial charge in [0, 0.05) is 16.7 Å². The average Bonchev–Trinajstić information content (AvgIpc) is 3.27. The molecule has 0 aliphatic heterocycles. The second-order valence-electron chi connectivity index (χ2n) is 13.6. The van der Waals surface area contributed by atoms with E-state index in [0.29, 0.717) is 17.5 Å². The van der Waals surface area contributed by atoms with Crippen LogP contribution in [0.25, 0.3) is 84.0 Å². The maximum atomic E-state index is 5.01. The van der Waals surface area contributed by atoms with Gasteiger partial charge in [-0.15, -0.1) is 0 Å². The molecule has 256 valence electrons. The topological polar surface area (TPSA) is 38.7 Å². The minimum absolute atomic E-state index is 0.662. The third-order valence-electron chi connectivity index (χ3n) is 9.94. The smallest absolute Gasteiger partial charge is 0.164 e. The second kappa shape index (κ2) is 14.9. The summed E-state index contributed by atoms with van der Waals surface area (Å²) in [4.78, 5) is 14.9. The van der Waals surface area contributed by atoms with Gasteiger partial charge in [-0.2, -0.15) is 0 Å². The van der Waals surface area contributed by atoms with E-state index in [2.05, 4.69) is 170 Å². The van der Waals surface area contributed by atoms with Crippen LogP contribution in [0.5, 0.6) is 0 Å². The van der Waals surface area contributed by atoms with Crippen LogP contribution in [-0.2, 0) is 0 Å². The molecule has 9 rings (SSSR count). The summed E-state index contributed by atoms with van der Waals surface area (Å²) in [5.41, 5.74) is 14.7. The first-order chi connectivity index (χ1) is 26.7. The number of hydrogen-bond acceptors (Lipinski definition) is 3. The van der Waals surface area contributed by atoms with Gasteiger partial charge < -0.3 is 0 Å². The Kier molecular flexibility index (Phi) is 9.11. The molecule has 7 aromatic carbocycles. The summed E-state index contributed by atoms with van der Waals surface area (Å²) in [6.07, 6.45) is 8.54. The Morgan fingerprint density at radius 3 is 1.20 bits per heavy atom. The van der Waals surface area contributed by atoms with Gasteiger partial charge in [-0.1, -0.05) is 170 Å². The highest BCUT2D eigenvalue weighted by atomic mass is 15.0. The molecular weight excluding hydrogens is 655 g/mol. The molecule has 1 aliphatic carbocycles. The summed E-state index contributed by atoms with van der Waals surface area (Å²) in [7, 11) is 0. The van der Waals surface area contributed by atoms with Crippen molar-refractivity contribution in [1.82, 2.24) is 15.0 Å². The number of nitrogens with zero attached hydrogens (tertiary/aromatic N) is 3. The highest BCUT2D eigenvalue weighted by Crippen LogP contribution is 2.36. The predicted octanol–water partition coefficient (Wildman–Crippen LogP) is 13.3. The van der Waals surface area contributed by atoms with E-state index in [4.69, 9.17) is 15.0 Å². The van der Waals surface area contributed by atoms with E-state index in [1.165, 1.54) is 38.9 Å². The van der Waals surface area contributed by atoms with E-state index in [1.807, 2.05) is 30.3 Å². The average molecular weight is 692 g/mol. The van der Waals surface area contributed by atoms with Gasteiger partial charge in [0.2, 0.25) is 0 Å². The van der Waals surface area contributed by atoms with Crippen LogP contribution in [0.1, 0.15) is 18.7 Å². The monoisotopic (exact) mass is 691 g/mol. The largest absolute Gasteiger partial charge is 0.208 e. The normalized spacial score (nSPS) is 12.3. The van der Waals surface area contributed by atoms with E-state index in [0.717, 1.165) is 46.2 Å². The van der Waals surface area contributed by atoms with E-state index in [-0.39, 0.29) is 0 Å². The van der Waals surface area contributed by atoms with E-state index in [1.54, 1.807) is 0 Å². The second-order valence-corrected chi connectivity index (χ2v) is 13.6. The lowest BCUT2D eigenvalue weighted by Crippen LogP contribution is -2.03. The Balaban J connectivity index is 1.10. The molecule has 0 bridgehead atoms. The molecule has 0 N–H and O–H groups in total. The van der Waals surface area contributed by atoms with Crippen molar-refractivity contribution in [3.63, 3.8) is 0 Å². The van der Waals surface area contributed by atoms with Crippen LogP contribution in [0, 0.1) is 0 Å². The zero-order valence-electron chi connectivity index (χ0n) is 29.8. The first-order valence-electron chi connectivity index (χ1n) is 18.5. The Bertz CT molecular complexity index is 2620. The van der Waals surface area contributed by atoms with Gasteiger partial charge in [-0.05, 0) is 98.8 Å². The molecule has 0 fully saturated rings. The number of hydrogen-bond donors (Lipinski definition) is 0. The SMILES string of the molecule is C1=CC(c2nc(-c3ccccc3)nc(-c3cccc(-c4cccc(-c5cc(-c6ccccc6)cc(-c6ccc(-c7ccccc7)cc6)c5)c4)c3)n2)=CCC1. The van der Waals surface area contributed by atoms with Crippen molar-refractivity contribution >= 4 is 5.57 Å². The van der Waals surface area contributed by atoms with Crippen molar-refractivity contribution in [2.45, 2.75) is 12.8 Å². The summed E-state index contributed by atoms with van der Waals surface area (Å²) < 4.78 is 0. The van der Waals surface area contributed by atoms with Crippen molar-refractivity contribution in [2.24, 2.45) is 0 Å². The van der Waals surface area contributed by atoms with Crippen molar-refractivity contribution in [1.29, 1.82) is 0 Å². The summed E-state index contributed by atoms with van der Waals surface area (Å²) in [5.74, 6) is 2.04. The van der Waals surface area contributed by atoms with Gasteiger partial charge >= 0.3 is 0 Å². The Morgan fingerprint density at radius 2 is 0.648 bits per heavy atom. The zero-order valence-corrected chi connectivity index (χ0v) is 29.8. The minimum atomic E-state index is 0.662. The number of allylic oxidation sites excluding steroid dienone is 4. The van der Waals surface area contributed by atoms with Crippen LogP contribution in [0.4, 0.5) is 0 Å². The Morgan fingerprint density at radius 1 is 0.278 bits per heavy atom. The number of benzene rings is 7. The van der Waals surface area contributed by atoms with Gasteiger partial charge in [0.25, 0.3) is 0 Å². The molecule has 0 saturated carbocycles. The lowest BCUT2D eigenvalue weighted by Gasteiger charge is -2.13. The molecule has 0 unspecified atom stereocenters. The maximum Gasteiger partial charge on any atom is 0.164 e. The molecule has 54 heavy (non-hydrogen) atoms. The first-order valence-corrected chi connectivity index (χ1v) is 18.5. The summed E-state index contributed by atoms with van der Waals surface area (Å²) in [6, 6.07) is 64.5. The number of aromatic nitrogens is 3. The first kappa shape index (κ1) is 32.9. The van der Waals surface area contributed by atoms with Crippen LogP contribution in [0.3, 0.4) is 0 Å². The fourth-order valence-electron chi connectivity index (χ4n) is 7.09. The molecule has 1 aromatic heterocycles. The van der Waals surface area contributed by atoms with Crippen molar-refractivity contribution < 1.29 is 0 Å². The van der Waals surface area contributed by atoms with Gasteiger partial charge in [-0.25, -0.2) is 15.0 Å². The molecule has 0 spiro atoms. The van der Waals surface area contributed by atoms with Crippen LogP contribution in [-0.4, -0.2) is 15.0 Å². The minimum Gasteiger partial charge on any atom is -0.208 e. The van der Waals surface area contributed by atoms with Crippen LogP contribution in [0.15, 0.2) is 200 Å². The molecular formula is C51H37N3. The molecule has 0 radical (unpaired) electrons. The fourth-order valence-corrected chi connectivity index (χ4v) is 7.09. The predicted molar refractivity (Wildman–Crippen MR) is 224 cm³/mol. The summed E-state index contributed by atoms with van der Waals surface area (Å²) in [5, 5.41) is 0. The quantitative estimate of drug-likeness (QED) is 0.159. The molecule has 1 heterocycles. The molecule has 1 aliphatic rings. The Labute approximate surface area is 316 Å². The third kappa shape index (κ3) is 7.08. The van der Waals surface area contributed by atoms with Crippen LogP contribution in [0.2, 0.25) is 0 Å². The van der Waals surface area contributed by atoms with Gasteiger partial charge in [0.15, 0.2) is 17.5 Å². The van der Waals surface area contributed by atoms with E-state index in [9.17, 15) is 0 Å². The molecule has 0 amide bonds. The van der Waals surface area contributed by atoms with Gasteiger partial charge in [0.1, 0.15) is 0 Å². The Hall–Kier alpha value is -6.97. The lowest BCUT2D eigenvalue weighted by molar-refractivity contribution is 1.01. The van der Waals surface area contributed by atoms with Crippen molar-refractivity contribution in [3.8, 4) is 78.4 Å². The standard InChI is InChI=1S/C51H37N3/c1-5-15-36(16-6-1)38-27-29-39(30-28-38)47-33-46(37-17-7-2-8-18-37)34-48(35-47)44-25-13-23-42(31-44)43-24-14-26-45(32-43)51-53-49(40-19-9-3-10-20-40)52-50(54-51)41-21-11-4-12-22-41/h1-3,5-11,13-35H,4,12H2. The van der Waals surface area contributed by atoms with Crippen molar-refractivity contribution in [2.75, 3.05) is 0 Å². The molecule has 0 saturated heterocycles. The maximum absolute atomic E-state index is 5.01. The molecule has 0 atom stereocenters. The molecule has 8 aromatic rings. The third-order valence-corrected chi connectivity index (χ3v) is 9.94. The molecule has 3 nitrogen and oxygen atoms in total. The van der Waals surface area contributed by atoms with Gasteiger partial charge in [0.05, 0.1) is 0 Å². The fraction of sp³-hybridized carbons (Fsp3) is 0.0392. The van der Waals surface area contributed by atoms with Gasteiger partial charge in [-0.3, -0.25) is 0 Å². The van der Waals surface area contributed by atoms with Crippen LogP contribution >= 0.6 is 0 Å². The van der Waals surface area contributed by atoms with Crippen molar-refractivity contribution in [3.05, 3.63) is 206 Å². The van der Waals surface area contributed by atoms with E-state index < -0.39 is 0 Å². The summed E-state index contributed by atoms with van der Waals surface area (Å²) in [6.45, 7) is 0.